The fraction of sp³-hybridized carbons (Fsp3) is 0.189. The first-order chi connectivity index (χ1) is 36.1. The van der Waals surface area contributed by atoms with Crippen LogP contribution in [0.1, 0.15) is 93.8 Å². The van der Waals surface area contributed by atoms with Crippen molar-refractivity contribution in [1.29, 1.82) is 0 Å². The molecule has 0 saturated carbocycles. The first-order valence-electron chi connectivity index (χ1n) is 27.5. The lowest BCUT2D eigenvalue weighted by molar-refractivity contribution is 0.660. The van der Waals surface area contributed by atoms with Gasteiger partial charge in [0.2, 0.25) is 0 Å². The second-order valence-electron chi connectivity index (χ2n) is 24.9. The highest BCUT2D eigenvalue weighted by molar-refractivity contribution is 7.04. The van der Waals surface area contributed by atoms with Gasteiger partial charge >= 0.3 is 0 Å². The SMILES string of the molecule is CC1C=C(c2c3cc(-c4ccc5c(c4)C(C)(C)c4ccccc4-5)ccc3c(-c3ccc4c(c3)C(C)(C)c3ccccc3-4)c3cc4c(cc23)[Si](C)(C)c2cc(-c3ccc5c(c3)C(C)(C)c3ccccc3-5)ccc2-4)C=CC1. The number of allylic oxidation sites excluding steroid dienone is 4. The van der Waals surface area contributed by atoms with Crippen LogP contribution in [0.2, 0.25) is 13.1 Å². The van der Waals surface area contributed by atoms with E-state index in [1.807, 2.05) is 0 Å². The minimum absolute atomic E-state index is 0.0489. The third-order valence-electron chi connectivity index (χ3n) is 19.2. The lowest BCUT2D eigenvalue weighted by atomic mass is 9.79. The van der Waals surface area contributed by atoms with E-state index in [9.17, 15) is 0 Å². The van der Waals surface area contributed by atoms with E-state index in [2.05, 4.69) is 256 Å². The zero-order valence-corrected chi connectivity index (χ0v) is 45.8. The maximum Gasteiger partial charge on any atom is 0.113 e. The predicted octanol–water partition coefficient (Wildman–Crippen LogP) is 18.7. The molecule has 1 unspecified atom stereocenters. The summed E-state index contributed by atoms with van der Waals surface area (Å²) in [5, 5.41) is 8.40. The maximum atomic E-state index is 2.69. The van der Waals surface area contributed by atoms with Crippen molar-refractivity contribution in [1.82, 2.24) is 0 Å². The average molecular weight is 979 g/mol. The Bertz CT molecular complexity index is 4270. The summed E-state index contributed by atoms with van der Waals surface area (Å²) >= 11 is 0. The summed E-state index contributed by atoms with van der Waals surface area (Å²) in [6.07, 6.45) is 8.46. The fourth-order valence-electron chi connectivity index (χ4n) is 15.1. The molecule has 1 heteroatoms. The van der Waals surface area contributed by atoms with Crippen LogP contribution in [0.4, 0.5) is 0 Å². The Balaban J connectivity index is 0.973. The molecule has 0 spiro atoms. The summed E-state index contributed by atoms with van der Waals surface area (Å²) in [4.78, 5) is 0. The standard InChI is InChI=1S/C74H62Si/c1-43-17-16-18-48(35-43)71-59-36-44(45-25-30-53-50-19-10-13-22-62(50)72(2,3)65(53)37-45)28-34-57(59)70(49-29-32-55-52-21-12-15-24-64(52)74(6,7)67(55)39-49)60-41-58-56-33-27-47(40-68(56)75(8,9)69(58)42-61(60)71)46-26-31-54-51-20-11-14-23-63(51)73(4,5)66(54)38-46/h10-16,18-43H,17H2,1-9H3. The molecular formula is C74H62Si. The molecule has 0 amide bonds. The molecule has 362 valence electrons. The average Bonchev–Trinajstić information content (AvgIpc) is 4.04. The van der Waals surface area contributed by atoms with Gasteiger partial charge in [-0.25, -0.2) is 0 Å². The van der Waals surface area contributed by atoms with Crippen molar-refractivity contribution in [3.05, 3.63) is 233 Å². The number of hydrogen-bond donors (Lipinski definition) is 0. The van der Waals surface area contributed by atoms with Crippen LogP contribution in [0.5, 0.6) is 0 Å². The van der Waals surface area contributed by atoms with E-state index >= 15 is 0 Å². The Morgan fingerprint density at radius 2 is 0.773 bits per heavy atom. The molecular weight excluding hydrogens is 917 g/mol. The zero-order chi connectivity index (χ0) is 51.1. The first kappa shape index (κ1) is 44.9. The molecule has 0 aromatic heterocycles. The minimum atomic E-state index is -2.23. The summed E-state index contributed by atoms with van der Waals surface area (Å²) in [7, 11) is -2.23. The Morgan fingerprint density at radius 3 is 1.32 bits per heavy atom. The van der Waals surface area contributed by atoms with Gasteiger partial charge in [-0.3, -0.25) is 0 Å². The largest absolute Gasteiger partial charge is 0.113 e. The van der Waals surface area contributed by atoms with E-state index in [1.54, 1.807) is 0 Å². The van der Waals surface area contributed by atoms with Crippen molar-refractivity contribution in [3.8, 4) is 77.9 Å². The molecule has 0 bridgehead atoms. The van der Waals surface area contributed by atoms with Crippen molar-refractivity contribution < 1.29 is 0 Å². The molecule has 10 aromatic rings. The molecule has 0 saturated heterocycles. The molecule has 0 fully saturated rings. The second-order valence-corrected chi connectivity index (χ2v) is 29.2. The Labute approximate surface area is 444 Å². The third-order valence-corrected chi connectivity index (χ3v) is 22.7. The van der Waals surface area contributed by atoms with Crippen molar-refractivity contribution in [2.45, 2.75) is 84.2 Å². The molecule has 75 heavy (non-hydrogen) atoms. The van der Waals surface area contributed by atoms with Crippen LogP contribution in [0.25, 0.3) is 105 Å². The van der Waals surface area contributed by atoms with Gasteiger partial charge in [0.1, 0.15) is 8.07 Å². The highest BCUT2D eigenvalue weighted by Crippen LogP contribution is 2.54. The summed E-state index contributed by atoms with van der Waals surface area (Å²) in [5.41, 5.74) is 29.7. The second kappa shape index (κ2) is 15.3. The van der Waals surface area contributed by atoms with Crippen molar-refractivity contribution in [2.75, 3.05) is 0 Å². The summed E-state index contributed by atoms with van der Waals surface area (Å²) < 4.78 is 0. The van der Waals surface area contributed by atoms with Crippen molar-refractivity contribution >= 4 is 45.6 Å². The normalized spacial score (nSPS) is 17.9. The van der Waals surface area contributed by atoms with Gasteiger partial charge in [-0.05, 0) is 197 Å². The third kappa shape index (κ3) is 6.11. The molecule has 4 aliphatic carbocycles. The summed E-state index contributed by atoms with van der Waals surface area (Å²) in [5.74, 6) is 0.445. The van der Waals surface area contributed by atoms with Gasteiger partial charge in [-0.15, -0.1) is 0 Å². The predicted molar refractivity (Wildman–Crippen MR) is 324 cm³/mol. The quantitative estimate of drug-likeness (QED) is 0.122. The van der Waals surface area contributed by atoms with E-state index < -0.39 is 8.07 Å². The van der Waals surface area contributed by atoms with Gasteiger partial charge in [-0.2, -0.15) is 0 Å². The lowest BCUT2D eigenvalue weighted by Gasteiger charge is -2.25. The molecule has 15 rings (SSSR count). The number of rotatable bonds is 4. The molecule has 1 aliphatic heterocycles. The van der Waals surface area contributed by atoms with E-state index in [0.717, 1.165) is 6.42 Å². The summed E-state index contributed by atoms with van der Waals surface area (Å²) in [6, 6.07) is 69.2. The van der Waals surface area contributed by atoms with Crippen LogP contribution in [0.3, 0.4) is 0 Å². The van der Waals surface area contributed by atoms with Crippen LogP contribution < -0.4 is 10.4 Å². The Morgan fingerprint density at radius 1 is 0.360 bits per heavy atom. The topological polar surface area (TPSA) is 0 Å². The zero-order valence-electron chi connectivity index (χ0n) is 44.8. The first-order valence-corrected chi connectivity index (χ1v) is 30.5. The number of fused-ring (bicyclic) bond motifs is 14. The van der Waals surface area contributed by atoms with Gasteiger partial charge in [0, 0.05) is 16.2 Å². The van der Waals surface area contributed by atoms with Gasteiger partial charge in [-0.1, -0.05) is 225 Å². The molecule has 1 atom stereocenters. The van der Waals surface area contributed by atoms with Crippen molar-refractivity contribution in [2.24, 2.45) is 5.92 Å². The number of benzene rings is 10. The van der Waals surface area contributed by atoms with Crippen LogP contribution in [-0.2, 0) is 16.2 Å². The molecule has 1 heterocycles. The van der Waals surface area contributed by atoms with Crippen LogP contribution in [0, 0.1) is 5.92 Å². The monoisotopic (exact) mass is 978 g/mol. The number of hydrogen-bond acceptors (Lipinski definition) is 0. The smallest absolute Gasteiger partial charge is 0.0834 e. The fourth-order valence-corrected chi connectivity index (χ4v) is 18.2. The van der Waals surface area contributed by atoms with Crippen LogP contribution in [0.15, 0.2) is 194 Å². The Hall–Kier alpha value is -7.58. The van der Waals surface area contributed by atoms with Gasteiger partial charge in [0.05, 0.1) is 0 Å². The van der Waals surface area contributed by atoms with Gasteiger partial charge in [0.15, 0.2) is 0 Å². The van der Waals surface area contributed by atoms with E-state index in [0.29, 0.717) is 5.92 Å². The van der Waals surface area contributed by atoms with Crippen LogP contribution in [-0.4, -0.2) is 8.07 Å². The van der Waals surface area contributed by atoms with Crippen molar-refractivity contribution in [3.63, 3.8) is 0 Å². The molecule has 0 radical (unpaired) electrons. The Kier molecular flexibility index (Phi) is 9.14. The van der Waals surface area contributed by atoms with Gasteiger partial charge in [0.25, 0.3) is 0 Å². The highest BCUT2D eigenvalue weighted by Gasteiger charge is 2.41. The van der Waals surface area contributed by atoms with Crippen LogP contribution >= 0.6 is 0 Å². The maximum absolute atomic E-state index is 2.69. The minimum Gasteiger partial charge on any atom is -0.0834 e. The molecule has 10 aromatic carbocycles. The van der Waals surface area contributed by atoms with E-state index in [4.69, 9.17) is 0 Å². The molecule has 5 aliphatic rings. The molecule has 0 nitrogen and oxygen atoms in total. The van der Waals surface area contributed by atoms with E-state index in [-0.39, 0.29) is 16.2 Å². The summed E-state index contributed by atoms with van der Waals surface area (Å²) in [6.45, 7) is 22.0. The highest BCUT2D eigenvalue weighted by atomic mass is 28.3. The van der Waals surface area contributed by atoms with E-state index in [1.165, 1.54) is 154 Å². The van der Waals surface area contributed by atoms with Gasteiger partial charge < -0.3 is 0 Å². The molecule has 0 N–H and O–H groups in total. The lowest BCUT2D eigenvalue weighted by Crippen LogP contribution is -2.49.